The Balaban J connectivity index is 2.19. The van der Waals surface area contributed by atoms with Gasteiger partial charge in [-0.2, -0.15) is 4.31 Å². The summed E-state index contributed by atoms with van der Waals surface area (Å²) in [6, 6.07) is 6.14. The van der Waals surface area contributed by atoms with E-state index in [9.17, 15) is 13.2 Å². The third-order valence-electron chi connectivity index (χ3n) is 3.56. The van der Waals surface area contributed by atoms with Crippen LogP contribution in [-0.4, -0.2) is 31.7 Å². The molecule has 1 heterocycles. The Bertz CT molecular complexity index is 602. The van der Waals surface area contributed by atoms with Gasteiger partial charge in [0.25, 0.3) is 0 Å². The van der Waals surface area contributed by atoms with Crippen molar-refractivity contribution < 1.29 is 13.2 Å². The lowest BCUT2D eigenvalue weighted by Gasteiger charge is -2.30. The van der Waals surface area contributed by atoms with Crippen LogP contribution in [0.2, 0.25) is 0 Å². The monoisotopic (exact) mass is 313 g/mol. The number of amides is 1. The van der Waals surface area contributed by atoms with Crippen LogP contribution in [0.3, 0.4) is 0 Å². The third-order valence-corrected chi connectivity index (χ3v) is 5.44. The van der Waals surface area contributed by atoms with Crippen molar-refractivity contribution >= 4 is 21.6 Å². The first kappa shape index (κ1) is 15.7. The molecule has 1 atom stereocenters. The van der Waals surface area contributed by atoms with Crippen molar-refractivity contribution in [1.29, 1.82) is 0 Å². The average molecular weight is 313 g/mol. The predicted octanol–water partition coefficient (Wildman–Crippen LogP) is -0.637. The largest absolute Gasteiger partial charge is 0.324 e. The summed E-state index contributed by atoms with van der Waals surface area (Å²) in [5.74, 6) is 9.62. The summed E-state index contributed by atoms with van der Waals surface area (Å²) >= 11 is 0. The van der Waals surface area contributed by atoms with Gasteiger partial charge < -0.3 is 5.43 Å². The van der Waals surface area contributed by atoms with Crippen LogP contribution in [0.4, 0.5) is 5.69 Å². The second-order valence-corrected chi connectivity index (χ2v) is 6.82. The van der Waals surface area contributed by atoms with Crippen molar-refractivity contribution in [3.63, 3.8) is 0 Å². The molecule has 0 spiro atoms. The Kier molecular flexibility index (Phi) is 4.78. The molecule has 0 aliphatic carbocycles. The van der Waals surface area contributed by atoms with Crippen LogP contribution in [0, 0.1) is 5.92 Å². The minimum Gasteiger partial charge on any atom is -0.324 e. The van der Waals surface area contributed by atoms with Crippen LogP contribution in [0.15, 0.2) is 29.2 Å². The molecule has 1 aliphatic heterocycles. The fourth-order valence-electron chi connectivity index (χ4n) is 2.36. The number of anilines is 1. The zero-order chi connectivity index (χ0) is 15.5. The van der Waals surface area contributed by atoms with E-state index in [1.807, 2.05) is 0 Å². The summed E-state index contributed by atoms with van der Waals surface area (Å²) in [5, 5.41) is 0. The van der Waals surface area contributed by atoms with E-state index in [1.165, 1.54) is 16.4 Å². The van der Waals surface area contributed by atoms with Crippen LogP contribution >= 0.6 is 0 Å². The SMILES string of the molecule is NNC(=O)C1CCCN(S(=O)(=O)c2ccc(NN)cc2)C1. The Morgan fingerprint density at radius 1 is 1.24 bits per heavy atom. The normalized spacial score (nSPS) is 20.0. The topological polar surface area (TPSA) is 131 Å². The summed E-state index contributed by atoms with van der Waals surface area (Å²) in [7, 11) is -3.62. The number of hydrogen-bond acceptors (Lipinski definition) is 6. The summed E-state index contributed by atoms with van der Waals surface area (Å²) in [4.78, 5) is 11.8. The maximum Gasteiger partial charge on any atom is 0.243 e. The standard InChI is InChI=1S/C12H19N5O3S/c13-15-10-3-5-11(6-4-10)21(19,20)17-7-1-2-9(8-17)12(18)16-14/h3-6,9,15H,1-2,7-8,13-14H2,(H,16,18). The van der Waals surface area contributed by atoms with Gasteiger partial charge >= 0.3 is 0 Å². The van der Waals surface area contributed by atoms with Crippen LogP contribution in [0.5, 0.6) is 0 Å². The van der Waals surface area contributed by atoms with E-state index in [2.05, 4.69) is 10.9 Å². The quantitative estimate of drug-likeness (QED) is 0.332. The number of sulfonamides is 1. The van der Waals surface area contributed by atoms with Gasteiger partial charge in [0.2, 0.25) is 15.9 Å². The van der Waals surface area contributed by atoms with E-state index >= 15 is 0 Å². The van der Waals surface area contributed by atoms with Crippen molar-refractivity contribution in [1.82, 2.24) is 9.73 Å². The number of hydrogen-bond donors (Lipinski definition) is 4. The fourth-order valence-corrected chi connectivity index (χ4v) is 3.89. The van der Waals surface area contributed by atoms with E-state index < -0.39 is 15.9 Å². The minimum absolute atomic E-state index is 0.141. The maximum absolute atomic E-state index is 12.6. The molecule has 1 aromatic rings. The van der Waals surface area contributed by atoms with Crippen molar-refractivity contribution in [3.8, 4) is 0 Å². The maximum atomic E-state index is 12.6. The minimum atomic E-state index is -3.62. The van der Waals surface area contributed by atoms with Crippen molar-refractivity contribution in [2.75, 3.05) is 18.5 Å². The van der Waals surface area contributed by atoms with Gasteiger partial charge in [0.05, 0.1) is 10.8 Å². The van der Waals surface area contributed by atoms with Gasteiger partial charge in [-0.25, -0.2) is 14.3 Å². The van der Waals surface area contributed by atoms with E-state index in [-0.39, 0.29) is 17.3 Å². The lowest BCUT2D eigenvalue weighted by molar-refractivity contribution is -0.126. The molecular formula is C12H19N5O3S. The second kappa shape index (κ2) is 6.39. The summed E-state index contributed by atoms with van der Waals surface area (Å²) in [6.45, 7) is 0.538. The number of carbonyl (C=O) groups excluding carboxylic acids is 1. The first-order chi connectivity index (χ1) is 9.98. The number of nitrogens with zero attached hydrogens (tertiary/aromatic N) is 1. The highest BCUT2D eigenvalue weighted by Gasteiger charge is 2.32. The van der Waals surface area contributed by atoms with Gasteiger partial charge in [0, 0.05) is 18.8 Å². The van der Waals surface area contributed by atoms with Gasteiger partial charge in [-0.15, -0.1) is 0 Å². The molecule has 9 heteroatoms. The Morgan fingerprint density at radius 3 is 2.48 bits per heavy atom. The van der Waals surface area contributed by atoms with E-state index in [4.69, 9.17) is 11.7 Å². The Labute approximate surface area is 123 Å². The first-order valence-corrected chi connectivity index (χ1v) is 8.00. The highest BCUT2D eigenvalue weighted by Crippen LogP contribution is 2.24. The van der Waals surface area contributed by atoms with E-state index in [0.717, 1.165) is 0 Å². The fraction of sp³-hybridized carbons (Fsp3) is 0.417. The number of carbonyl (C=O) groups is 1. The van der Waals surface area contributed by atoms with E-state index in [1.54, 1.807) is 12.1 Å². The zero-order valence-electron chi connectivity index (χ0n) is 11.5. The van der Waals surface area contributed by atoms with Crippen molar-refractivity contribution in [2.24, 2.45) is 17.6 Å². The molecule has 1 amide bonds. The highest BCUT2D eigenvalue weighted by atomic mass is 32.2. The molecule has 116 valence electrons. The van der Waals surface area contributed by atoms with Crippen molar-refractivity contribution in [2.45, 2.75) is 17.7 Å². The number of nitrogens with two attached hydrogens (primary N) is 2. The number of nitrogen functional groups attached to an aromatic ring is 1. The molecule has 1 aromatic carbocycles. The number of rotatable bonds is 4. The molecule has 8 nitrogen and oxygen atoms in total. The molecule has 2 rings (SSSR count). The summed E-state index contributed by atoms with van der Waals surface area (Å²) in [6.07, 6.45) is 1.25. The Hall–Kier alpha value is -1.68. The number of hydrazine groups is 2. The van der Waals surface area contributed by atoms with E-state index in [0.29, 0.717) is 25.1 Å². The molecular weight excluding hydrogens is 294 g/mol. The molecule has 21 heavy (non-hydrogen) atoms. The lowest BCUT2D eigenvalue weighted by Crippen LogP contribution is -2.46. The Morgan fingerprint density at radius 2 is 1.90 bits per heavy atom. The second-order valence-electron chi connectivity index (χ2n) is 4.88. The summed E-state index contributed by atoms with van der Waals surface area (Å²) < 4.78 is 26.4. The number of piperidine rings is 1. The molecule has 1 aliphatic rings. The molecule has 6 N–H and O–H groups in total. The smallest absolute Gasteiger partial charge is 0.243 e. The molecule has 0 saturated carbocycles. The molecule has 1 fully saturated rings. The van der Waals surface area contributed by atoms with Gasteiger partial charge in [0.1, 0.15) is 0 Å². The van der Waals surface area contributed by atoms with Crippen LogP contribution in [-0.2, 0) is 14.8 Å². The predicted molar refractivity (Wildman–Crippen MR) is 78.1 cm³/mol. The van der Waals surface area contributed by atoms with Crippen molar-refractivity contribution in [3.05, 3.63) is 24.3 Å². The zero-order valence-corrected chi connectivity index (χ0v) is 12.3. The molecule has 1 unspecified atom stereocenters. The third kappa shape index (κ3) is 3.32. The average Bonchev–Trinajstić information content (AvgIpc) is 2.54. The highest BCUT2D eigenvalue weighted by molar-refractivity contribution is 7.89. The molecule has 1 saturated heterocycles. The van der Waals surface area contributed by atoms with Gasteiger partial charge in [-0.1, -0.05) is 0 Å². The van der Waals surface area contributed by atoms with Crippen LogP contribution in [0.25, 0.3) is 0 Å². The lowest BCUT2D eigenvalue weighted by atomic mass is 9.99. The summed E-state index contributed by atoms with van der Waals surface area (Å²) in [5.41, 5.74) is 5.14. The van der Waals surface area contributed by atoms with Gasteiger partial charge in [-0.05, 0) is 37.1 Å². The molecule has 0 radical (unpaired) electrons. The van der Waals surface area contributed by atoms with Crippen LogP contribution in [0.1, 0.15) is 12.8 Å². The number of benzene rings is 1. The molecule has 0 aromatic heterocycles. The van der Waals surface area contributed by atoms with Gasteiger partial charge in [-0.3, -0.25) is 16.1 Å². The molecule has 0 bridgehead atoms. The van der Waals surface area contributed by atoms with Crippen LogP contribution < -0.4 is 22.5 Å². The number of nitrogens with one attached hydrogen (secondary N) is 2. The first-order valence-electron chi connectivity index (χ1n) is 6.56. The van der Waals surface area contributed by atoms with Gasteiger partial charge in [0.15, 0.2) is 0 Å².